The zero-order chi connectivity index (χ0) is 17.1. The maximum atomic E-state index is 12.4. The molecular weight excluding hydrogens is 360 g/mol. The van der Waals surface area contributed by atoms with Gasteiger partial charge in [0.1, 0.15) is 0 Å². The largest absolute Gasteiger partial charge is 0.346 e. The van der Waals surface area contributed by atoms with Crippen molar-refractivity contribution in [3.05, 3.63) is 73.2 Å². The van der Waals surface area contributed by atoms with Gasteiger partial charge in [-0.05, 0) is 60.0 Å². The van der Waals surface area contributed by atoms with E-state index in [0.717, 1.165) is 16.7 Å². The molecule has 1 atom stereocenters. The van der Waals surface area contributed by atoms with Crippen molar-refractivity contribution in [2.24, 2.45) is 0 Å². The molecule has 0 aliphatic rings. The van der Waals surface area contributed by atoms with Crippen LogP contribution in [0.25, 0.3) is 0 Å². The number of nitrogens with one attached hydrogen (secondary N) is 1. The average Bonchev–Trinajstić information content (AvgIpc) is 2.49. The number of hydrogen-bond acceptors (Lipinski definition) is 3. The van der Waals surface area contributed by atoms with E-state index in [9.17, 15) is 14.9 Å². The van der Waals surface area contributed by atoms with Gasteiger partial charge in [-0.1, -0.05) is 23.8 Å². The summed E-state index contributed by atoms with van der Waals surface area (Å²) in [7, 11) is 0. The van der Waals surface area contributed by atoms with Crippen LogP contribution in [0.15, 0.2) is 40.9 Å². The van der Waals surface area contributed by atoms with E-state index < -0.39 is 4.92 Å². The zero-order valence-corrected chi connectivity index (χ0v) is 14.7. The van der Waals surface area contributed by atoms with E-state index in [-0.39, 0.29) is 23.2 Å². The fourth-order valence-corrected chi connectivity index (χ4v) is 2.77. The topological polar surface area (TPSA) is 72.2 Å². The number of nitro groups is 1. The molecule has 2 rings (SSSR count). The lowest BCUT2D eigenvalue weighted by Crippen LogP contribution is -2.27. The summed E-state index contributed by atoms with van der Waals surface area (Å²) in [6.45, 7) is 5.88. The summed E-state index contributed by atoms with van der Waals surface area (Å²) in [5.74, 6) is -0.339. The summed E-state index contributed by atoms with van der Waals surface area (Å²) in [4.78, 5) is 22.8. The third kappa shape index (κ3) is 3.96. The standard InChI is InChI=1S/C17H17BrN2O3/c1-10-4-5-11(2)14(8-10)12(3)19-17(21)13-6-7-15(18)16(9-13)20(22)23/h4-9,12H,1-3H3,(H,19,21). The summed E-state index contributed by atoms with van der Waals surface area (Å²) in [6.07, 6.45) is 0. The molecular formula is C17H17BrN2O3. The number of nitrogens with zero attached hydrogens (tertiary/aromatic N) is 1. The molecule has 5 nitrogen and oxygen atoms in total. The van der Waals surface area contributed by atoms with Crippen LogP contribution in [0.3, 0.4) is 0 Å². The molecule has 0 radical (unpaired) electrons. The van der Waals surface area contributed by atoms with Crippen molar-refractivity contribution in [2.75, 3.05) is 0 Å². The first-order chi connectivity index (χ1) is 10.8. The molecule has 2 aromatic carbocycles. The van der Waals surface area contributed by atoms with Gasteiger partial charge in [-0.25, -0.2) is 0 Å². The molecule has 23 heavy (non-hydrogen) atoms. The van der Waals surface area contributed by atoms with Crippen LogP contribution < -0.4 is 5.32 Å². The fourth-order valence-electron chi connectivity index (χ4n) is 2.38. The Labute approximate surface area is 143 Å². The van der Waals surface area contributed by atoms with Crippen LogP contribution in [0.4, 0.5) is 5.69 Å². The fraction of sp³-hybridized carbons (Fsp3) is 0.235. The second-order valence-corrected chi connectivity index (χ2v) is 6.33. The highest BCUT2D eigenvalue weighted by atomic mass is 79.9. The third-order valence-corrected chi connectivity index (χ3v) is 4.32. The highest BCUT2D eigenvalue weighted by Gasteiger charge is 2.18. The van der Waals surface area contributed by atoms with Gasteiger partial charge in [-0.3, -0.25) is 14.9 Å². The Morgan fingerprint density at radius 2 is 1.91 bits per heavy atom. The van der Waals surface area contributed by atoms with Gasteiger partial charge < -0.3 is 5.32 Å². The number of carbonyl (C=O) groups excluding carboxylic acids is 1. The SMILES string of the molecule is Cc1ccc(C)c(C(C)NC(=O)c2ccc(Br)c([N+](=O)[O-])c2)c1. The summed E-state index contributed by atoms with van der Waals surface area (Å²) < 4.78 is 0.349. The average molecular weight is 377 g/mol. The van der Waals surface area contributed by atoms with Crippen LogP contribution in [-0.4, -0.2) is 10.8 Å². The number of benzene rings is 2. The molecule has 0 saturated carbocycles. The van der Waals surface area contributed by atoms with Gasteiger partial charge >= 0.3 is 0 Å². The quantitative estimate of drug-likeness (QED) is 0.631. The van der Waals surface area contributed by atoms with E-state index in [1.54, 1.807) is 6.07 Å². The summed E-state index contributed by atoms with van der Waals surface area (Å²) in [6, 6.07) is 10.2. The zero-order valence-electron chi connectivity index (χ0n) is 13.1. The van der Waals surface area contributed by atoms with Crippen LogP contribution in [-0.2, 0) is 0 Å². The molecule has 0 spiro atoms. The second kappa shape index (κ2) is 6.91. The van der Waals surface area contributed by atoms with E-state index in [2.05, 4.69) is 21.2 Å². The van der Waals surface area contributed by atoms with Crippen molar-refractivity contribution >= 4 is 27.5 Å². The van der Waals surface area contributed by atoms with Crippen molar-refractivity contribution in [3.63, 3.8) is 0 Å². The lowest BCUT2D eigenvalue weighted by Gasteiger charge is -2.17. The monoisotopic (exact) mass is 376 g/mol. The predicted molar refractivity (Wildman–Crippen MR) is 92.6 cm³/mol. The van der Waals surface area contributed by atoms with E-state index in [4.69, 9.17) is 0 Å². The smallest absolute Gasteiger partial charge is 0.284 e. The molecule has 2 aromatic rings. The highest BCUT2D eigenvalue weighted by molar-refractivity contribution is 9.10. The van der Waals surface area contributed by atoms with Gasteiger partial charge in [0.25, 0.3) is 11.6 Å². The van der Waals surface area contributed by atoms with Gasteiger partial charge in [0.05, 0.1) is 15.4 Å². The number of carbonyl (C=O) groups is 1. The van der Waals surface area contributed by atoms with Gasteiger partial charge in [0.2, 0.25) is 0 Å². The van der Waals surface area contributed by atoms with Crippen LogP contribution in [0.5, 0.6) is 0 Å². The van der Waals surface area contributed by atoms with Gasteiger partial charge in [-0.2, -0.15) is 0 Å². The maximum absolute atomic E-state index is 12.4. The molecule has 6 heteroatoms. The third-order valence-electron chi connectivity index (χ3n) is 3.65. The maximum Gasteiger partial charge on any atom is 0.284 e. The number of amides is 1. The van der Waals surface area contributed by atoms with Crippen LogP contribution in [0.2, 0.25) is 0 Å². The molecule has 1 unspecified atom stereocenters. The number of rotatable bonds is 4. The number of hydrogen-bond donors (Lipinski definition) is 1. The minimum atomic E-state index is -0.519. The molecule has 0 aliphatic carbocycles. The predicted octanol–water partition coefficient (Wildman–Crippen LogP) is 4.47. The van der Waals surface area contributed by atoms with Crippen molar-refractivity contribution in [1.29, 1.82) is 0 Å². The molecule has 1 amide bonds. The van der Waals surface area contributed by atoms with Crippen LogP contribution in [0, 0.1) is 24.0 Å². The minimum Gasteiger partial charge on any atom is -0.346 e. The molecule has 0 aliphatic heterocycles. The Morgan fingerprint density at radius 3 is 2.57 bits per heavy atom. The van der Waals surface area contributed by atoms with Crippen molar-refractivity contribution < 1.29 is 9.72 Å². The number of nitro benzene ring substituents is 1. The van der Waals surface area contributed by atoms with E-state index in [1.165, 1.54) is 12.1 Å². The van der Waals surface area contributed by atoms with Gasteiger partial charge in [0.15, 0.2) is 0 Å². The highest BCUT2D eigenvalue weighted by Crippen LogP contribution is 2.26. The lowest BCUT2D eigenvalue weighted by atomic mass is 9.99. The van der Waals surface area contributed by atoms with Crippen molar-refractivity contribution in [2.45, 2.75) is 26.8 Å². The number of aryl methyl sites for hydroxylation is 2. The van der Waals surface area contributed by atoms with Crippen LogP contribution in [0.1, 0.15) is 40.0 Å². The van der Waals surface area contributed by atoms with Crippen molar-refractivity contribution in [1.82, 2.24) is 5.32 Å². The molecule has 120 valence electrons. The molecule has 1 N–H and O–H groups in total. The van der Waals surface area contributed by atoms with Crippen molar-refractivity contribution in [3.8, 4) is 0 Å². The molecule has 0 heterocycles. The Bertz CT molecular complexity index is 774. The first-order valence-corrected chi connectivity index (χ1v) is 7.91. The minimum absolute atomic E-state index is 0.128. The van der Waals surface area contributed by atoms with Crippen LogP contribution >= 0.6 is 15.9 Å². The molecule has 0 aromatic heterocycles. The summed E-state index contributed by atoms with van der Waals surface area (Å²) in [5.41, 5.74) is 3.37. The first kappa shape index (κ1) is 17.1. The Kier molecular flexibility index (Phi) is 5.15. The first-order valence-electron chi connectivity index (χ1n) is 7.11. The molecule has 0 saturated heterocycles. The second-order valence-electron chi connectivity index (χ2n) is 5.48. The van der Waals surface area contributed by atoms with Gasteiger partial charge in [0, 0.05) is 11.6 Å². The van der Waals surface area contributed by atoms with E-state index in [0.29, 0.717) is 4.47 Å². The number of halogens is 1. The summed E-state index contributed by atoms with van der Waals surface area (Å²) in [5, 5.41) is 13.9. The Morgan fingerprint density at radius 1 is 1.22 bits per heavy atom. The normalized spacial score (nSPS) is 11.8. The molecule has 0 bridgehead atoms. The van der Waals surface area contributed by atoms with E-state index >= 15 is 0 Å². The van der Waals surface area contributed by atoms with E-state index in [1.807, 2.05) is 39.0 Å². The Hall–Kier alpha value is -2.21. The molecule has 0 fully saturated rings. The van der Waals surface area contributed by atoms with Gasteiger partial charge in [-0.15, -0.1) is 0 Å². The Balaban J connectivity index is 2.23. The summed E-state index contributed by atoms with van der Waals surface area (Å²) >= 11 is 3.11. The lowest BCUT2D eigenvalue weighted by molar-refractivity contribution is -0.385.